The highest BCUT2D eigenvalue weighted by Gasteiger charge is 2.06. The fraction of sp³-hybridized carbons (Fsp3) is 0.143. The number of aromatic nitrogens is 2. The molecule has 20 heavy (non-hydrogen) atoms. The van der Waals surface area contributed by atoms with Gasteiger partial charge in [-0.1, -0.05) is 23.7 Å². The van der Waals surface area contributed by atoms with Crippen LogP contribution >= 0.6 is 22.9 Å². The summed E-state index contributed by atoms with van der Waals surface area (Å²) in [5.74, 6) is -0.0244. The van der Waals surface area contributed by atoms with Crippen molar-refractivity contribution in [2.45, 2.75) is 13.0 Å². The van der Waals surface area contributed by atoms with Crippen molar-refractivity contribution >= 4 is 33.8 Å². The zero-order valence-electron chi connectivity index (χ0n) is 10.5. The van der Waals surface area contributed by atoms with Crippen LogP contribution in [-0.2, 0) is 17.8 Å². The van der Waals surface area contributed by atoms with Gasteiger partial charge in [-0.15, -0.1) is 11.3 Å². The molecule has 3 aromatic rings. The van der Waals surface area contributed by atoms with Gasteiger partial charge in [-0.2, -0.15) is 0 Å². The second-order valence-corrected chi connectivity index (χ2v) is 5.71. The zero-order chi connectivity index (χ0) is 13.9. The summed E-state index contributed by atoms with van der Waals surface area (Å²) in [6.07, 6.45) is 4.22. The standard InChI is InChI=1S/C14H12ClN3OS/c15-11-3-1-10(2-4-11)7-13(19)16-8-12-9-18-5-6-20-14(18)17-12/h1-6,9H,7-8H2,(H,16,19). The molecule has 1 aromatic carbocycles. The molecule has 102 valence electrons. The van der Waals surface area contributed by atoms with Crippen molar-refractivity contribution in [2.75, 3.05) is 0 Å². The molecule has 0 unspecified atom stereocenters. The number of nitrogens with one attached hydrogen (secondary N) is 1. The number of amides is 1. The lowest BCUT2D eigenvalue weighted by Gasteiger charge is -2.03. The van der Waals surface area contributed by atoms with Crippen LogP contribution in [0.2, 0.25) is 5.02 Å². The first-order chi connectivity index (χ1) is 9.70. The minimum Gasteiger partial charge on any atom is -0.350 e. The maximum absolute atomic E-state index is 11.8. The van der Waals surface area contributed by atoms with Crippen LogP contribution in [0.4, 0.5) is 0 Å². The molecule has 0 aliphatic carbocycles. The molecule has 1 N–H and O–H groups in total. The number of carbonyl (C=O) groups excluding carboxylic acids is 1. The Hall–Kier alpha value is -1.85. The summed E-state index contributed by atoms with van der Waals surface area (Å²) >= 11 is 7.38. The smallest absolute Gasteiger partial charge is 0.224 e. The van der Waals surface area contributed by atoms with Crippen LogP contribution in [0.15, 0.2) is 42.0 Å². The fourth-order valence-corrected chi connectivity index (χ4v) is 2.75. The first kappa shape index (κ1) is 13.1. The number of fused-ring (bicyclic) bond motifs is 1. The van der Waals surface area contributed by atoms with Crippen LogP contribution in [0, 0.1) is 0 Å². The van der Waals surface area contributed by atoms with E-state index in [2.05, 4.69) is 10.3 Å². The molecule has 4 nitrogen and oxygen atoms in total. The Morgan fingerprint density at radius 3 is 2.90 bits per heavy atom. The molecular weight excluding hydrogens is 294 g/mol. The highest BCUT2D eigenvalue weighted by atomic mass is 35.5. The molecule has 0 fully saturated rings. The highest BCUT2D eigenvalue weighted by molar-refractivity contribution is 7.15. The van der Waals surface area contributed by atoms with Crippen molar-refractivity contribution < 1.29 is 4.79 Å². The molecule has 0 aliphatic heterocycles. The van der Waals surface area contributed by atoms with Gasteiger partial charge in [-0.05, 0) is 17.7 Å². The van der Waals surface area contributed by atoms with E-state index in [1.807, 2.05) is 34.3 Å². The molecule has 2 aromatic heterocycles. The van der Waals surface area contributed by atoms with Crippen molar-refractivity contribution in [3.05, 3.63) is 58.3 Å². The quantitative estimate of drug-likeness (QED) is 0.805. The zero-order valence-corrected chi connectivity index (χ0v) is 12.1. The molecule has 0 radical (unpaired) electrons. The molecule has 0 spiro atoms. The van der Waals surface area contributed by atoms with Gasteiger partial charge in [0.25, 0.3) is 0 Å². The lowest BCUT2D eigenvalue weighted by Crippen LogP contribution is -2.24. The number of hydrogen-bond donors (Lipinski definition) is 1. The maximum Gasteiger partial charge on any atom is 0.224 e. The summed E-state index contributed by atoms with van der Waals surface area (Å²) in [7, 11) is 0. The van der Waals surface area contributed by atoms with Gasteiger partial charge in [-0.3, -0.25) is 9.20 Å². The minimum absolute atomic E-state index is 0.0244. The Balaban J connectivity index is 1.56. The van der Waals surface area contributed by atoms with E-state index in [1.54, 1.807) is 23.5 Å². The third-order valence-electron chi connectivity index (χ3n) is 2.89. The van der Waals surface area contributed by atoms with Crippen molar-refractivity contribution in [3.8, 4) is 0 Å². The molecule has 3 rings (SSSR count). The van der Waals surface area contributed by atoms with E-state index in [1.165, 1.54) is 0 Å². The molecule has 0 atom stereocenters. The fourth-order valence-electron chi connectivity index (χ4n) is 1.90. The number of halogens is 1. The number of thiazole rings is 1. The minimum atomic E-state index is -0.0244. The number of nitrogens with zero attached hydrogens (tertiary/aromatic N) is 2. The van der Waals surface area contributed by atoms with Gasteiger partial charge in [-0.25, -0.2) is 4.98 Å². The average molecular weight is 306 g/mol. The third kappa shape index (κ3) is 3.00. The Kier molecular flexibility index (Phi) is 3.71. The van der Waals surface area contributed by atoms with Crippen molar-refractivity contribution in [3.63, 3.8) is 0 Å². The molecule has 0 aliphatic rings. The highest BCUT2D eigenvalue weighted by Crippen LogP contribution is 2.12. The van der Waals surface area contributed by atoms with Gasteiger partial charge in [0.15, 0.2) is 4.96 Å². The first-order valence-corrected chi connectivity index (χ1v) is 7.39. The average Bonchev–Trinajstić information content (AvgIpc) is 3.00. The first-order valence-electron chi connectivity index (χ1n) is 6.13. The Labute approximate surface area is 125 Å². The normalized spacial score (nSPS) is 10.8. The Morgan fingerprint density at radius 2 is 2.15 bits per heavy atom. The summed E-state index contributed by atoms with van der Waals surface area (Å²) in [4.78, 5) is 17.2. The lowest BCUT2D eigenvalue weighted by molar-refractivity contribution is -0.120. The summed E-state index contributed by atoms with van der Waals surface area (Å²) in [5.41, 5.74) is 1.80. The second-order valence-electron chi connectivity index (χ2n) is 4.41. The van der Waals surface area contributed by atoms with Gasteiger partial charge in [0, 0.05) is 22.8 Å². The molecule has 0 bridgehead atoms. The van der Waals surface area contributed by atoms with E-state index in [9.17, 15) is 4.79 Å². The number of rotatable bonds is 4. The monoisotopic (exact) mass is 305 g/mol. The summed E-state index contributed by atoms with van der Waals surface area (Å²) in [6.45, 7) is 0.445. The third-order valence-corrected chi connectivity index (χ3v) is 3.91. The second kappa shape index (κ2) is 5.64. The predicted octanol–water partition coefficient (Wildman–Crippen LogP) is 2.91. The molecule has 1 amide bonds. The summed E-state index contributed by atoms with van der Waals surface area (Å²) in [5, 5.41) is 5.52. The number of benzene rings is 1. The van der Waals surface area contributed by atoms with Crippen LogP contribution in [0.3, 0.4) is 0 Å². The summed E-state index contributed by atoms with van der Waals surface area (Å²) in [6, 6.07) is 7.28. The van der Waals surface area contributed by atoms with Crippen molar-refractivity contribution in [1.29, 1.82) is 0 Å². The number of carbonyl (C=O) groups is 1. The molecular formula is C14H12ClN3OS. The van der Waals surface area contributed by atoms with Crippen LogP contribution in [0.1, 0.15) is 11.3 Å². The maximum atomic E-state index is 11.8. The predicted molar refractivity (Wildman–Crippen MR) is 80.1 cm³/mol. The topological polar surface area (TPSA) is 46.4 Å². The Morgan fingerprint density at radius 1 is 1.35 bits per heavy atom. The van der Waals surface area contributed by atoms with Gasteiger partial charge in [0.2, 0.25) is 5.91 Å². The lowest BCUT2D eigenvalue weighted by atomic mass is 10.1. The van der Waals surface area contributed by atoms with E-state index in [0.717, 1.165) is 16.2 Å². The summed E-state index contributed by atoms with van der Waals surface area (Å²) < 4.78 is 1.95. The SMILES string of the molecule is O=C(Cc1ccc(Cl)cc1)NCc1cn2ccsc2n1. The molecule has 2 heterocycles. The van der Waals surface area contributed by atoms with E-state index in [4.69, 9.17) is 11.6 Å². The molecule has 0 saturated heterocycles. The molecule has 0 saturated carbocycles. The van der Waals surface area contributed by atoms with Crippen LogP contribution in [0.25, 0.3) is 4.96 Å². The van der Waals surface area contributed by atoms with E-state index >= 15 is 0 Å². The van der Waals surface area contributed by atoms with Gasteiger partial charge >= 0.3 is 0 Å². The van der Waals surface area contributed by atoms with E-state index < -0.39 is 0 Å². The van der Waals surface area contributed by atoms with Gasteiger partial charge in [0.05, 0.1) is 18.7 Å². The van der Waals surface area contributed by atoms with E-state index in [0.29, 0.717) is 18.0 Å². The van der Waals surface area contributed by atoms with Crippen LogP contribution in [0.5, 0.6) is 0 Å². The Bertz CT molecular complexity index is 704. The van der Waals surface area contributed by atoms with Crippen molar-refractivity contribution in [1.82, 2.24) is 14.7 Å². The van der Waals surface area contributed by atoms with Gasteiger partial charge in [0.1, 0.15) is 0 Å². The van der Waals surface area contributed by atoms with E-state index in [-0.39, 0.29) is 5.91 Å². The van der Waals surface area contributed by atoms with Crippen molar-refractivity contribution in [2.24, 2.45) is 0 Å². The largest absolute Gasteiger partial charge is 0.350 e. The number of hydrogen-bond acceptors (Lipinski definition) is 3. The van der Waals surface area contributed by atoms with Crippen LogP contribution in [-0.4, -0.2) is 15.3 Å². The van der Waals surface area contributed by atoms with Crippen LogP contribution < -0.4 is 5.32 Å². The number of imidazole rings is 1. The molecule has 6 heteroatoms. The van der Waals surface area contributed by atoms with Gasteiger partial charge < -0.3 is 5.32 Å².